The fraction of sp³-hybridized carbons (Fsp3) is 0.632. The summed E-state index contributed by atoms with van der Waals surface area (Å²) in [4.78, 5) is 14.3. The van der Waals surface area contributed by atoms with Gasteiger partial charge in [-0.15, -0.1) is 0 Å². The van der Waals surface area contributed by atoms with Crippen LogP contribution in [0.15, 0.2) is 24.3 Å². The van der Waals surface area contributed by atoms with Crippen LogP contribution in [0.25, 0.3) is 0 Å². The number of carbonyl (C=O) groups is 1. The molecule has 1 atom stereocenters. The van der Waals surface area contributed by atoms with E-state index >= 15 is 0 Å². The molecular formula is C19H29FN2O. The van der Waals surface area contributed by atoms with Crippen LogP contribution in [0, 0.1) is 11.7 Å². The second-order valence-electron chi connectivity index (χ2n) is 6.60. The molecule has 2 rings (SSSR count). The van der Waals surface area contributed by atoms with Gasteiger partial charge < -0.3 is 5.32 Å². The van der Waals surface area contributed by atoms with Crippen LogP contribution in [0.4, 0.5) is 4.39 Å². The van der Waals surface area contributed by atoms with Crippen molar-refractivity contribution in [3.63, 3.8) is 0 Å². The molecule has 1 aliphatic rings. The highest BCUT2D eigenvalue weighted by Crippen LogP contribution is 2.23. The fourth-order valence-electron chi connectivity index (χ4n) is 3.36. The number of halogens is 1. The highest BCUT2D eigenvalue weighted by molar-refractivity contribution is 5.78. The molecule has 1 fully saturated rings. The molecule has 1 unspecified atom stereocenters. The molecule has 4 heteroatoms. The molecule has 1 aliphatic carbocycles. The molecule has 0 radical (unpaired) electrons. The zero-order chi connectivity index (χ0) is 16.7. The van der Waals surface area contributed by atoms with E-state index in [1.165, 1.54) is 44.2 Å². The molecule has 3 nitrogen and oxygen atoms in total. The van der Waals surface area contributed by atoms with Crippen molar-refractivity contribution in [3.8, 4) is 0 Å². The summed E-state index contributed by atoms with van der Waals surface area (Å²) in [5.41, 5.74) is 1.04. The van der Waals surface area contributed by atoms with Crippen LogP contribution in [0.3, 0.4) is 0 Å². The van der Waals surface area contributed by atoms with Gasteiger partial charge in [0.15, 0.2) is 0 Å². The van der Waals surface area contributed by atoms with Gasteiger partial charge in [-0.2, -0.15) is 0 Å². The van der Waals surface area contributed by atoms with Crippen molar-refractivity contribution in [3.05, 3.63) is 35.6 Å². The lowest BCUT2D eigenvalue weighted by atomic mass is 9.89. The Morgan fingerprint density at radius 2 is 1.91 bits per heavy atom. The minimum Gasteiger partial charge on any atom is -0.355 e. The Bertz CT molecular complexity index is 483. The first-order valence-electron chi connectivity index (χ1n) is 8.86. The van der Waals surface area contributed by atoms with E-state index in [9.17, 15) is 9.18 Å². The van der Waals surface area contributed by atoms with Gasteiger partial charge in [-0.05, 0) is 49.9 Å². The topological polar surface area (TPSA) is 32.3 Å². The summed E-state index contributed by atoms with van der Waals surface area (Å²) in [7, 11) is 0. The van der Waals surface area contributed by atoms with E-state index in [1.807, 2.05) is 0 Å². The molecular weight excluding hydrogens is 291 g/mol. The summed E-state index contributed by atoms with van der Waals surface area (Å²) in [6, 6.07) is 6.64. The van der Waals surface area contributed by atoms with E-state index in [4.69, 9.17) is 0 Å². The number of rotatable bonds is 7. The molecule has 128 valence electrons. The smallest absolute Gasteiger partial charge is 0.234 e. The number of hydrogen-bond acceptors (Lipinski definition) is 2. The molecule has 0 saturated heterocycles. The van der Waals surface area contributed by atoms with Gasteiger partial charge in [0.05, 0.1) is 6.54 Å². The SMILES string of the molecule is CCN(CC(=O)NCC1CCCCC1)C(C)c1ccc(F)cc1. The predicted octanol–water partition coefficient (Wildman–Crippen LogP) is 3.91. The number of nitrogens with zero attached hydrogens (tertiary/aromatic N) is 1. The van der Waals surface area contributed by atoms with Crippen LogP contribution < -0.4 is 5.32 Å². The Morgan fingerprint density at radius 3 is 2.52 bits per heavy atom. The van der Waals surface area contributed by atoms with E-state index in [1.54, 1.807) is 12.1 Å². The van der Waals surface area contributed by atoms with Crippen LogP contribution in [0.5, 0.6) is 0 Å². The minimum absolute atomic E-state index is 0.0892. The first-order chi connectivity index (χ1) is 11.1. The van der Waals surface area contributed by atoms with Gasteiger partial charge in [-0.3, -0.25) is 9.69 Å². The van der Waals surface area contributed by atoms with E-state index in [0.29, 0.717) is 12.5 Å². The Hall–Kier alpha value is -1.42. The Balaban J connectivity index is 1.82. The normalized spacial score (nSPS) is 17.2. The van der Waals surface area contributed by atoms with Gasteiger partial charge in [0.25, 0.3) is 0 Å². The van der Waals surface area contributed by atoms with Gasteiger partial charge >= 0.3 is 0 Å². The van der Waals surface area contributed by atoms with Crippen LogP contribution in [0.2, 0.25) is 0 Å². The van der Waals surface area contributed by atoms with Crippen molar-refractivity contribution >= 4 is 5.91 Å². The molecule has 1 saturated carbocycles. The summed E-state index contributed by atoms with van der Waals surface area (Å²) in [5, 5.41) is 3.09. The van der Waals surface area contributed by atoms with Crippen molar-refractivity contribution in [2.45, 2.75) is 52.0 Å². The summed E-state index contributed by atoms with van der Waals surface area (Å²) < 4.78 is 13.0. The van der Waals surface area contributed by atoms with Gasteiger partial charge in [-0.25, -0.2) is 4.39 Å². The maximum absolute atomic E-state index is 13.0. The number of likely N-dealkylation sites (N-methyl/N-ethyl adjacent to an activating group) is 1. The fourth-order valence-corrected chi connectivity index (χ4v) is 3.36. The highest BCUT2D eigenvalue weighted by Gasteiger charge is 2.19. The predicted molar refractivity (Wildman–Crippen MR) is 91.6 cm³/mol. The third-order valence-electron chi connectivity index (χ3n) is 4.97. The van der Waals surface area contributed by atoms with Crippen molar-refractivity contribution in [1.29, 1.82) is 0 Å². The van der Waals surface area contributed by atoms with Crippen molar-refractivity contribution in [1.82, 2.24) is 10.2 Å². The molecule has 1 amide bonds. The summed E-state index contributed by atoms with van der Waals surface area (Å²) >= 11 is 0. The number of hydrogen-bond donors (Lipinski definition) is 1. The number of carbonyl (C=O) groups excluding carboxylic acids is 1. The summed E-state index contributed by atoms with van der Waals surface area (Å²) in [5.74, 6) is 0.512. The van der Waals surface area contributed by atoms with Gasteiger partial charge in [0.1, 0.15) is 5.82 Å². The highest BCUT2D eigenvalue weighted by atomic mass is 19.1. The molecule has 23 heavy (non-hydrogen) atoms. The third-order valence-corrected chi connectivity index (χ3v) is 4.97. The number of amides is 1. The van der Waals surface area contributed by atoms with E-state index < -0.39 is 0 Å². The minimum atomic E-state index is -0.228. The average Bonchev–Trinajstić information content (AvgIpc) is 2.59. The lowest BCUT2D eigenvalue weighted by molar-refractivity contribution is -0.123. The van der Waals surface area contributed by atoms with Crippen molar-refractivity contribution in [2.75, 3.05) is 19.6 Å². The summed E-state index contributed by atoms with van der Waals surface area (Å²) in [6.07, 6.45) is 6.41. The average molecular weight is 320 g/mol. The van der Waals surface area contributed by atoms with E-state index in [0.717, 1.165) is 18.7 Å². The lowest BCUT2D eigenvalue weighted by Crippen LogP contribution is -2.40. The van der Waals surface area contributed by atoms with Crippen LogP contribution in [-0.2, 0) is 4.79 Å². The van der Waals surface area contributed by atoms with Gasteiger partial charge in [0.2, 0.25) is 5.91 Å². The van der Waals surface area contributed by atoms with Crippen molar-refractivity contribution in [2.24, 2.45) is 5.92 Å². The second-order valence-corrected chi connectivity index (χ2v) is 6.60. The maximum Gasteiger partial charge on any atom is 0.234 e. The Labute approximate surface area is 139 Å². The standard InChI is InChI=1S/C19H29FN2O/c1-3-22(15(2)17-9-11-18(20)12-10-17)14-19(23)21-13-16-7-5-4-6-8-16/h9-12,15-16H,3-8,13-14H2,1-2H3,(H,21,23). The molecule has 0 spiro atoms. The quantitative estimate of drug-likeness (QED) is 0.826. The molecule has 0 aliphatic heterocycles. The van der Waals surface area contributed by atoms with E-state index in [2.05, 4.69) is 24.1 Å². The molecule has 0 heterocycles. The number of benzene rings is 1. The van der Waals surface area contributed by atoms with Gasteiger partial charge in [-0.1, -0.05) is 38.3 Å². The largest absolute Gasteiger partial charge is 0.355 e. The zero-order valence-corrected chi connectivity index (χ0v) is 14.4. The molecule has 1 aromatic rings. The first kappa shape index (κ1) is 17.9. The van der Waals surface area contributed by atoms with E-state index in [-0.39, 0.29) is 17.8 Å². The number of nitrogens with one attached hydrogen (secondary N) is 1. The maximum atomic E-state index is 13.0. The Morgan fingerprint density at radius 1 is 1.26 bits per heavy atom. The van der Waals surface area contributed by atoms with Crippen molar-refractivity contribution < 1.29 is 9.18 Å². The molecule has 0 bridgehead atoms. The second kappa shape index (κ2) is 9.02. The third kappa shape index (κ3) is 5.61. The molecule has 1 aromatic carbocycles. The van der Waals surface area contributed by atoms with Crippen LogP contribution >= 0.6 is 0 Å². The Kier molecular flexibility index (Phi) is 7.03. The summed E-state index contributed by atoms with van der Waals surface area (Å²) in [6.45, 7) is 6.10. The van der Waals surface area contributed by atoms with Gasteiger partial charge in [0, 0.05) is 12.6 Å². The van der Waals surface area contributed by atoms with Crippen LogP contribution in [0.1, 0.15) is 57.6 Å². The molecule has 0 aromatic heterocycles. The van der Waals surface area contributed by atoms with Crippen LogP contribution in [-0.4, -0.2) is 30.4 Å². The monoisotopic (exact) mass is 320 g/mol. The first-order valence-corrected chi connectivity index (χ1v) is 8.86. The molecule has 1 N–H and O–H groups in total. The lowest BCUT2D eigenvalue weighted by Gasteiger charge is -2.28. The zero-order valence-electron chi connectivity index (χ0n) is 14.4.